The second kappa shape index (κ2) is 13.7. The van der Waals surface area contributed by atoms with E-state index < -0.39 is 0 Å². The van der Waals surface area contributed by atoms with Gasteiger partial charge in [-0.15, -0.1) is 4.41 Å². The van der Waals surface area contributed by atoms with Crippen molar-refractivity contribution < 1.29 is 8.92 Å². The van der Waals surface area contributed by atoms with Gasteiger partial charge in [0.1, 0.15) is 11.4 Å². The summed E-state index contributed by atoms with van der Waals surface area (Å²) in [6, 6.07) is 8.38. The lowest BCUT2D eigenvalue weighted by Gasteiger charge is -2.28. The minimum atomic E-state index is 0. The lowest BCUT2D eigenvalue weighted by molar-refractivity contribution is 0.218. The van der Waals surface area contributed by atoms with E-state index in [1.807, 2.05) is 49.5 Å². The second-order valence-corrected chi connectivity index (χ2v) is 9.71. The highest BCUT2D eigenvalue weighted by Gasteiger charge is 2.17. The van der Waals surface area contributed by atoms with Crippen molar-refractivity contribution >= 4 is 42.3 Å². The Kier molecular flexibility index (Phi) is 10.7. The first-order valence-corrected chi connectivity index (χ1v) is 13.2. The summed E-state index contributed by atoms with van der Waals surface area (Å²) in [6.45, 7) is 8.78. The third-order valence-corrected chi connectivity index (χ3v) is 6.98. The Balaban J connectivity index is 0.00000400. The van der Waals surface area contributed by atoms with Crippen LogP contribution in [-0.2, 0) is 7.05 Å². The molecule has 206 valence electrons. The molecule has 1 N–H and O–H groups in total. The number of benzene rings is 1. The van der Waals surface area contributed by atoms with Crippen LogP contribution in [0, 0.1) is 0 Å². The maximum atomic E-state index is 5.91. The Morgan fingerprint density at radius 2 is 1.97 bits per heavy atom. The summed E-state index contributed by atoms with van der Waals surface area (Å²) < 4.78 is 16.8. The number of aryl methyl sites for hydroxylation is 1. The van der Waals surface area contributed by atoms with Crippen molar-refractivity contribution in [1.82, 2.24) is 33.9 Å². The normalized spacial score (nSPS) is 12.1. The number of methoxy groups -OCH3 is 1. The number of fused-ring (bicyclic) bond motifs is 1. The molecule has 4 rings (SSSR count). The quantitative estimate of drug-likeness (QED) is 0.132. The van der Waals surface area contributed by atoms with Gasteiger partial charge < -0.3 is 14.3 Å². The molecular formula is C26H38N8O2S2. The van der Waals surface area contributed by atoms with Crippen LogP contribution < -0.4 is 14.3 Å². The van der Waals surface area contributed by atoms with E-state index in [9.17, 15) is 0 Å². The monoisotopic (exact) mass is 558 g/mol. The van der Waals surface area contributed by atoms with Crippen LogP contribution in [0.3, 0.4) is 0 Å². The topological polar surface area (TPSA) is 85.5 Å². The van der Waals surface area contributed by atoms with Gasteiger partial charge in [0.15, 0.2) is 23.8 Å². The highest BCUT2D eigenvalue weighted by Crippen LogP contribution is 2.34. The number of unbranched alkanes of at least 4 members (excludes halogenated alkanes) is 1. The summed E-state index contributed by atoms with van der Waals surface area (Å²) in [5.41, 5.74) is 6.30. The summed E-state index contributed by atoms with van der Waals surface area (Å²) in [4.78, 5) is 7.02. The van der Waals surface area contributed by atoms with Crippen LogP contribution in [0.15, 0.2) is 49.1 Å². The van der Waals surface area contributed by atoms with E-state index in [2.05, 4.69) is 58.4 Å². The summed E-state index contributed by atoms with van der Waals surface area (Å²) in [7, 11) is 5.42. The van der Waals surface area contributed by atoms with E-state index in [0.29, 0.717) is 17.5 Å². The fourth-order valence-corrected chi connectivity index (χ4v) is 4.71. The molecule has 1 aromatic carbocycles. The van der Waals surface area contributed by atoms with Crippen LogP contribution in [0.4, 0.5) is 5.69 Å². The molecule has 0 bridgehead atoms. The Labute approximate surface area is 236 Å². The molecule has 3 aromatic heterocycles. The summed E-state index contributed by atoms with van der Waals surface area (Å²) in [5, 5.41) is 9.84. The van der Waals surface area contributed by atoms with Crippen LogP contribution in [-0.4, -0.2) is 61.1 Å². The first-order valence-electron chi connectivity index (χ1n) is 12.5. The van der Waals surface area contributed by atoms with Gasteiger partial charge in [-0.05, 0) is 56.3 Å². The molecule has 0 fully saturated rings. The minimum absolute atomic E-state index is 0. The SMILES string of the molecule is CCCCN(CC)C(C)c1ccnc(-n2cc(OSN(C)Nc3c(OC)ccc4cnn(C)c34)cn2)c1.S. The third kappa shape index (κ3) is 6.73. The van der Waals surface area contributed by atoms with Gasteiger partial charge in [0.05, 0.1) is 31.2 Å². The van der Waals surface area contributed by atoms with Crippen LogP contribution >= 0.6 is 25.7 Å². The molecule has 0 aliphatic heterocycles. The largest absolute Gasteiger partial charge is 0.494 e. The Hall–Kier alpha value is -2.93. The first kappa shape index (κ1) is 29.6. The van der Waals surface area contributed by atoms with E-state index in [0.717, 1.165) is 47.7 Å². The predicted octanol–water partition coefficient (Wildman–Crippen LogP) is 5.36. The van der Waals surface area contributed by atoms with Gasteiger partial charge in [-0.3, -0.25) is 9.58 Å². The standard InChI is InChI=1S/C26H36N8O2S.H2S/c1-7-9-14-33(8-2)19(3)20-12-13-27-24(15-20)34-18-22(17-29-34)36-37-32(5)30-25-23(35-6)11-10-21-16-28-31(4)26(21)25;/h10-13,15-19,30H,7-9,14H2,1-6H3;1H2. The molecule has 1 atom stereocenters. The van der Waals surface area contributed by atoms with Crippen LogP contribution in [0.1, 0.15) is 45.2 Å². The van der Waals surface area contributed by atoms with Crippen molar-refractivity contribution in [3.05, 3.63) is 54.6 Å². The number of hydrazine groups is 1. The van der Waals surface area contributed by atoms with Crippen molar-refractivity contribution in [2.24, 2.45) is 7.05 Å². The fraction of sp³-hybridized carbons (Fsp3) is 0.423. The summed E-state index contributed by atoms with van der Waals surface area (Å²) >= 11 is 1.15. The smallest absolute Gasteiger partial charge is 0.177 e. The van der Waals surface area contributed by atoms with Gasteiger partial charge in [-0.25, -0.2) is 9.67 Å². The lowest BCUT2D eigenvalue weighted by atomic mass is 10.1. The zero-order valence-electron chi connectivity index (χ0n) is 22.9. The highest BCUT2D eigenvalue weighted by atomic mass is 32.2. The van der Waals surface area contributed by atoms with Gasteiger partial charge in [-0.1, -0.05) is 20.3 Å². The number of anilines is 1. The van der Waals surface area contributed by atoms with E-state index in [4.69, 9.17) is 8.92 Å². The van der Waals surface area contributed by atoms with Crippen molar-refractivity contribution in [3.63, 3.8) is 0 Å². The molecule has 10 nitrogen and oxygen atoms in total. The van der Waals surface area contributed by atoms with Gasteiger partial charge in [0.2, 0.25) is 0 Å². The Morgan fingerprint density at radius 1 is 1.16 bits per heavy atom. The van der Waals surface area contributed by atoms with Crippen LogP contribution in [0.5, 0.6) is 11.5 Å². The number of rotatable bonds is 13. The number of hydrogen-bond donors (Lipinski definition) is 1. The first-order chi connectivity index (χ1) is 17.9. The van der Waals surface area contributed by atoms with E-state index >= 15 is 0 Å². The molecule has 12 heteroatoms. The number of ether oxygens (including phenoxy) is 1. The Bertz CT molecular complexity index is 1310. The molecule has 0 spiro atoms. The average molecular weight is 559 g/mol. The maximum absolute atomic E-state index is 5.91. The van der Waals surface area contributed by atoms with Crippen molar-refractivity contribution in [3.8, 4) is 17.3 Å². The molecule has 0 saturated heterocycles. The number of hydrogen-bond acceptors (Lipinski definition) is 9. The van der Waals surface area contributed by atoms with Gasteiger partial charge >= 0.3 is 0 Å². The molecule has 0 aliphatic rings. The number of aromatic nitrogens is 5. The van der Waals surface area contributed by atoms with Crippen LogP contribution in [0.25, 0.3) is 16.7 Å². The number of nitrogens with one attached hydrogen (secondary N) is 1. The fourth-order valence-electron chi connectivity index (χ4n) is 4.29. The number of pyridine rings is 1. The number of nitrogens with zero attached hydrogens (tertiary/aromatic N) is 7. The van der Waals surface area contributed by atoms with E-state index in [1.165, 1.54) is 18.4 Å². The third-order valence-electron chi connectivity index (χ3n) is 6.40. The van der Waals surface area contributed by atoms with Gasteiger partial charge in [-0.2, -0.15) is 23.7 Å². The lowest BCUT2D eigenvalue weighted by Crippen LogP contribution is -2.28. The zero-order chi connectivity index (χ0) is 26.4. The van der Waals surface area contributed by atoms with Crippen molar-refractivity contribution in [2.75, 3.05) is 32.7 Å². The maximum Gasteiger partial charge on any atom is 0.177 e. The molecule has 3 heterocycles. The second-order valence-electron chi connectivity index (χ2n) is 8.84. The molecule has 1 unspecified atom stereocenters. The van der Waals surface area contributed by atoms with Gasteiger partial charge in [0.25, 0.3) is 0 Å². The average Bonchev–Trinajstić information content (AvgIpc) is 3.55. The molecule has 0 amide bonds. The molecule has 38 heavy (non-hydrogen) atoms. The van der Waals surface area contributed by atoms with E-state index in [1.54, 1.807) is 22.4 Å². The van der Waals surface area contributed by atoms with Crippen LogP contribution in [0.2, 0.25) is 0 Å². The predicted molar refractivity (Wildman–Crippen MR) is 159 cm³/mol. The molecule has 0 radical (unpaired) electrons. The zero-order valence-corrected chi connectivity index (χ0v) is 24.7. The highest BCUT2D eigenvalue weighted by molar-refractivity contribution is 7.92. The van der Waals surface area contributed by atoms with E-state index in [-0.39, 0.29) is 13.5 Å². The Morgan fingerprint density at radius 3 is 2.71 bits per heavy atom. The molecule has 4 aromatic rings. The summed E-state index contributed by atoms with van der Waals surface area (Å²) in [5.74, 6) is 2.09. The molecule has 0 saturated carbocycles. The molecular weight excluding hydrogens is 520 g/mol. The summed E-state index contributed by atoms with van der Waals surface area (Å²) in [6.07, 6.45) is 9.56. The van der Waals surface area contributed by atoms with Gasteiger partial charge in [0, 0.05) is 31.7 Å². The molecule has 0 aliphatic carbocycles. The van der Waals surface area contributed by atoms with Crippen molar-refractivity contribution in [2.45, 2.75) is 39.7 Å². The minimum Gasteiger partial charge on any atom is -0.494 e. The van der Waals surface area contributed by atoms with Crippen molar-refractivity contribution in [1.29, 1.82) is 0 Å².